The molecule has 3 atom stereocenters. The Balaban J connectivity index is 1.28. The van der Waals surface area contributed by atoms with Crippen molar-refractivity contribution in [2.45, 2.75) is 74.7 Å². The summed E-state index contributed by atoms with van der Waals surface area (Å²) in [4.78, 5) is 48.4. The number of imidazole rings is 1. The number of rotatable bonds is 8. The lowest BCUT2D eigenvalue weighted by Gasteiger charge is -2.31. The minimum atomic E-state index is -4.08. The van der Waals surface area contributed by atoms with Crippen molar-refractivity contribution in [1.82, 2.24) is 28.7 Å². The van der Waals surface area contributed by atoms with Crippen molar-refractivity contribution in [2.24, 2.45) is 5.41 Å². The summed E-state index contributed by atoms with van der Waals surface area (Å²) in [6.07, 6.45) is 4.46. The summed E-state index contributed by atoms with van der Waals surface area (Å²) in [5.74, 6) is -2.40. The minimum absolute atomic E-state index is 0.0354. The van der Waals surface area contributed by atoms with Gasteiger partial charge in [0.1, 0.15) is 16.5 Å². The van der Waals surface area contributed by atoms with E-state index in [1.165, 1.54) is 36.3 Å². The number of hydrogen-bond acceptors (Lipinski definition) is 8. The second kappa shape index (κ2) is 11.1. The Morgan fingerprint density at radius 2 is 1.78 bits per heavy atom. The molecule has 0 spiro atoms. The molecule has 1 amide bonds. The lowest BCUT2D eigenvalue weighted by Crippen LogP contribution is -2.57. The summed E-state index contributed by atoms with van der Waals surface area (Å²) in [7, 11) is -4.08. The first-order chi connectivity index (χ1) is 21.6. The zero-order chi connectivity index (χ0) is 33.2. The number of carbonyl (C=O) groups is 2. The number of benzene rings is 1. The quantitative estimate of drug-likeness (QED) is 0.287. The predicted molar refractivity (Wildman–Crippen MR) is 174 cm³/mol. The van der Waals surface area contributed by atoms with E-state index in [9.17, 15) is 27.9 Å². The average molecular weight is 665 g/mol. The molecule has 1 aliphatic heterocycles. The van der Waals surface area contributed by atoms with Crippen LogP contribution in [-0.4, -0.2) is 71.0 Å². The number of sulfonamides is 1. The zero-order valence-corrected chi connectivity index (χ0v) is 27.8. The molecule has 12 nitrogen and oxygen atoms in total. The number of nitrogens with zero attached hydrogens (tertiary/aromatic N) is 5. The molecule has 4 aromatic rings. The summed E-state index contributed by atoms with van der Waals surface area (Å²) >= 11 is 1.31. The second-order valence-electron chi connectivity index (χ2n) is 13.6. The number of thioether (sulfide) groups is 1. The van der Waals surface area contributed by atoms with Gasteiger partial charge in [-0.3, -0.25) is 14.3 Å². The average Bonchev–Trinajstić information content (AvgIpc) is 3.54. The Morgan fingerprint density at radius 1 is 1.09 bits per heavy atom. The number of amides is 1. The predicted octanol–water partition coefficient (Wildman–Crippen LogP) is 3.60. The summed E-state index contributed by atoms with van der Waals surface area (Å²) in [6, 6.07) is 12.4. The van der Waals surface area contributed by atoms with E-state index >= 15 is 0 Å². The minimum Gasteiger partial charge on any atom is -0.479 e. The fourth-order valence-electron chi connectivity index (χ4n) is 6.20. The topological polar surface area (TPSA) is 156 Å². The zero-order valence-electron chi connectivity index (χ0n) is 26.2. The Labute approximate surface area is 270 Å². The smallest absolute Gasteiger partial charge is 0.334 e. The molecule has 46 heavy (non-hydrogen) atoms. The fourth-order valence-corrected chi connectivity index (χ4v) is 9.34. The van der Waals surface area contributed by atoms with E-state index < -0.39 is 44.1 Å². The molecule has 242 valence electrons. The molecule has 4 heterocycles. The van der Waals surface area contributed by atoms with E-state index in [0.29, 0.717) is 29.0 Å². The molecular weight excluding hydrogens is 629 g/mol. The maximum Gasteiger partial charge on any atom is 0.334 e. The van der Waals surface area contributed by atoms with Gasteiger partial charge in [-0.2, -0.15) is 4.31 Å². The maximum atomic E-state index is 13.8. The van der Waals surface area contributed by atoms with Crippen LogP contribution in [-0.2, 0) is 26.2 Å². The third kappa shape index (κ3) is 5.41. The second-order valence-corrected chi connectivity index (χ2v) is 17.1. The number of fused-ring (bicyclic) bond motifs is 1. The van der Waals surface area contributed by atoms with Gasteiger partial charge in [0.05, 0.1) is 17.1 Å². The standard InChI is InChI=1S/C32H36N6O6S2/c1-30(2,3)18-36-24-9-7-15-34-26(24)38(29(36)42)21-12-10-20(11-13-21)23-16-32(23,28(40)41)35-27(39)25-31(4,5)45-19-37(25)46(43,44)22-8-6-14-33-17-22/h6-15,17,23,25H,16,18-19H2,1-5H3,(H,35,39)(H,40,41)/t23?,25-,32?/m1/s1. The van der Waals surface area contributed by atoms with Gasteiger partial charge in [-0.1, -0.05) is 32.9 Å². The first-order valence-electron chi connectivity index (χ1n) is 14.8. The monoisotopic (exact) mass is 664 g/mol. The third-order valence-corrected chi connectivity index (χ3v) is 11.9. The Hall–Kier alpha value is -4.01. The van der Waals surface area contributed by atoms with Crippen LogP contribution in [0.2, 0.25) is 0 Å². The molecule has 6 rings (SSSR count). The van der Waals surface area contributed by atoms with Crippen LogP contribution in [0.25, 0.3) is 16.9 Å². The molecule has 0 bridgehead atoms. The van der Waals surface area contributed by atoms with Gasteiger partial charge in [0.15, 0.2) is 5.65 Å². The van der Waals surface area contributed by atoms with Gasteiger partial charge in [0.25, 0.3) is 0 Å². The highest BCUT2D eigenvalue weighted by molar-refractivity contribution is 8.02. The Bertz CT molecular complexity index is 2000. The highest BCUT2D eigenvalue weighted by atomic mass is 32.2. The Kier molecular flexibility index (Phi) is 7.68. The highest BCUT2D eigenvalue weighted by Crippen LogP contribution is 2.52. The molecular formula is C32H36N6O6S2. The number of pyridine rings is 2. The first kappa shape index (κ1) is 32.0. The van der Waals surface area contributed by atoms with E-state index in [1.807, 2.05) is 6.07 Å². The normalized spacial score (nSPS) is 23.0. The SMILES string of the molecule is CC(C)(C)Cn1c(=O)n(-c2ccc(C3CC3(NC(=O)[C@H]3N(S(=O)(=O)c4cccnc4)CSC3(C)C)C(=O)O)cc2)c2ncccc21. The molecule has 1 saturated heterocycles. The van der Waals surface area contributed by atoms with E-state index in [2.05, 4.69) is 36.1 Å². The number of aromatic nitrogens is 4. The number of hydrogen-bond donors (Lipinski definition) is 2. The van der Waals surface area contributed by atoms with E-state index in [-0.39, 0.29) is 28.3 Å². The number of nitrogens with one attached hydrogen (secondary N) is 1. The molecule has 2 aliphatic rings. The lowest BCUT2D eigenvalue weighted by atomic mass is 9.97. The van der Waals surface area contributed by atoms with E-state index in [1.54, 1.807) is 59.5 Å². The highest BCUT2D eigenvalue weighted by Gasteiger charge is 2.64. The van der Waals surface area contributed by atoms with Crippen molar-refractivity contribution in [3.63, 3.8) is 0 Å². The van der Waals surface area contributed by atoms with Gasteiger partial charge in [0, 0.05) is 35.8 Å². The Morgan fingerprint density at radius 3 is 2.41 bits per heavy atom. The van der Waals surface area contributed by atoms with Crippen LogP contribution >= 0.6 is 11.8 Å². The molecule has 1 saturated carbocycles. The van der Waals surface area contributed by atoms with Crippen molar-refractivity contribution in [2.75, 3.05) is 5.88 Å². The van der Waals surface area contributed by atoms with Crippen molar-refractivity contribution >= 4 is 44.8 Å². The summed E-state index contributed by atoms with van der Waals surface area (Å²) in [5, 5.41) is 13.1. The number of carboxylic acids is 1. The van der Waals surface area contributed by atoms with Gasteiger partial charge in [-0.15, -0.1) is 11.8 Å². The van der Waals surface area contributed by atoms with Crippen LogP contribution in [0.1, 0.15) is 52.5 Å². The van der Waals surface area contributed by atoms with Crippen molar-refractivity contribution in [3.8, 4) is 5.69 Å². The van der Waals surface area contributed by atoms with Crippen molar-refractivity contribution in [3.05, 3.63) is 83.2 Å². The third-order valence-electron chi connectivity index (χ3n) is 8.57. The summed E-state index contributed by atoms with van der Waals surface area (Å²) in [5.41, 5.74) is 0.512. The molecule has 2 fully saturated rings. The summed E-state index contributed by atoms with van der Waals surface area (Å²) < 4.78 is 30.6. The maximum absolute atomic E-state index is 13.8. The van der Waals surface area contributed by atoms with Gasteiger partial charge in [-0.05, 0) is 67.6 Å². The van der Waals surface area contributed by atoms with Gasteiger partial charge < -0.3 is 10.4 Å². The van der Waals surface area contributed by atoms with Crippen LogP contribution < -0.4 is 11.0 Å². The molecule has 14 heteroatoms. The molecule has 3 aromatic heterocycles. The van der Waals surface area contributed by atoms with Crippen LogP contribution in [0.4, 0.5) is 0 Å². The lowest BCUT2D eigenvalue weighted by molar-refractivity contribution is -0.144. The molecule has 0 radical (unpaired) electrons. The van der Waals surface area contributed by atoms with Crippen LogP contribution in [0.5, 0.6) is 0 Å². The fraction of sp³-hybridized carbons (Fsp3) is 0.406. The molecule has 1 aromatic carbocycles. The van der Waals surface area contributed by atoms with Crippen LogP contribution in [0.15, 0.2) is 76.8 Å². The molecule has 2 N–H and O–H groups in total. The van der Waals surface area contributed by atoms with Gasteiger partial charge in [0.2, 0.25) is 15.9 Å². The van der Waals surface area contributed by atoms with E-state index in [0.717, 1.165) is 4.31 Å². The number of carboxylic acid groups (broad SMARTS) is 1. The first-order valence-corrected chi connectivity index (χ1v) is 17.3. The molecule has 2 unspecified atom stereocenters. The van der Waals surface area contributed by atoms with Crippen LogP contribution in [0.3, 0.4) is 0 Å². The largest absolute Gasteiger partial charge is 0.479 e. The van der Waals surface area contributed by atoms with E-state index in [4.69, 9.17) is 0 Å². The number of aliphatic carboxylic acids is 1. The summed E-state index contributed by atoms with van der Waals surface area (Å²) in [6.45, 7) is 10.2. The van der Waals surface area contributed by atoms with Gasteiger partial charge in [-0.25, -0.2) is 27.6 Å². The van der Waals surface area contributed by atoms with Crippen molar-refractivity contribution in [1.29, 1.82) is 0 Å². The van der Waals surface area contributed by atoms with Crippen LogP contribution in [0, 0.1) is 5.41 Å². The van der Waals surface area contributed by atoms with Crippen molar-refractivity contribution < 1.29 is 23.1 Å². The number of carbonyl (C=O) groups excluding carboxylic acids is 1. The molecule has 1 aliphatic carbocycles. The van der Waals surface area contributed by atoms with Gasteiger partial charge >= 0.3 is 11.7 Å².